The maximum atomic E-state index is 11.7. The van der Waals surface area contributed by atoms with E-state index < -0.39 is 12.0 Å². The molecule has 0 radical (unpaired) electrons. The fourth-order valence-corrected chi connectivity index (χ4v) is 1.69. The molecule has 0 fully saturated rings. The molecule has 0 heterocycles. The van der Waals surface area contributed by atoms with Crippen molar-refractivity contribution < 1.29 is 19.1 Å². The van der Waals surface area contributed by atoms with Crippen molar-refractivity contribution in [2.45, 2.75) is 59.4 Å². The largest absolute Gasteiger partial charge is 0.469 e. The van der Waals surface area contributed by atoms with E-state index in [4.69, 9.17) is 0 Å². The Balaban J connectivity index is -0.000000522. The summed E-state index contributed by atoms with van der Waals surface area (Å²) in [7, 11) is 1.28. The van der Waals surface area contributed by atoms with Gasteiger partial charge < -0.3 is 15.4 Å². The summed E-state index contributed by atoms with van der Waals surface area (Å²) in [5.74, 6) is -0.932. The molecule has 1 atom stereocenters. The third-order valence-corrected chi connectivity index (χ3v) is 3.23. The van der Waals surface area contributed by atoms with Crippen LogP contribution in [-0.2, 0) is 19.1 Å². The van der Waals surface area contributed by atoms with E-state index in [2.05, 4.69) is 42.0 Å². The summed E-state index contributed by atoms with van der Waals surface area (Å²) >= 11 is 0. The fraction of sp³-hybridized carbons (Fsp3) is 0.500. The fourth-order valence-electron chi connectivity index (χ4n) is 1.69. The number of carbonyl (C=O) groups is 3. The third kappa shape index (κ3) is 18.2. The molecule has 6 nitrogen and oxygen atoms in total. The van der Waals surface area contributed by atoms with E-state index in [0.29, 0.717) is 12.8 Å². The van der Waals surface area contributed by atoms with Gasteiger partial charge in [0.1, 0.15) is 6.04 Å². The van der Waals surface area contributed by atoms with Gasteiger partial charge in [0.15, 0.2) is 0 Å². The lowest BCUT2D eigenvalue weighted by Gasteiger charge is -2.16. The number of methoxy groups -OCH3 is 1. The summed E-state index contributed by atoms with van der Waals surface area (Å²) in [5, 5.41) is 5.14. The molecule has 0 aromatic carbocycles. The molecule has 0 saturated carbocycles. The molecule has 0 aromatic rings. The van der Waals surface area contributed by atoms with E-state index >= 15 is 0 Å². The van der Waals surface area contributed by atoms with E-state index in [1.165, 1.54) is 12.7 Å². The predicted octanol–water partition coefficient (Wildman–Crippen LogP) is 3.86. The molecule has 0 rings (SSSR count). The summed E-state index contributed by atoms with van der Waals surface area (Å²) in [6, 6.07) is -0.646. The molecule has 1 unspecified atom stereocenters. The molecule has 160 valence electrons. The number of carbonyl (C=O) groups excluding carboxylic acids is 3. The molecular formula is C22H38N2O4. The second-order valence-electron chi connectivity index (χ2n) is 5.15. The minimum absolute atomic E-state index is 0.102. The van der Waals surface area contributed by atoms with Gasteiger partial charge in [-0.05, 0) is 18.4 Å². The van der Waals surface area contributed by atoms with Crippen molar-refractivity contribution in [3.05, 3.63) is 49.6 Å². The second kappa shape index (κ2) is 22.4. The molecule has 0 aromatic heterocycles. The summed E-state index contributed by atoms with van der Waals surface area (Å²) < 4.78 is 4.45. The Hall–Kier alpha value is -2.63. The Kier molecular flexibility index (Phi) is 24.1. The van der Waals surface area contributed by atoms with Crippen molar-refractivity contribution in [3.8, 4) is 0 Å². The van der Waals surface area contributed by atoms with E-state index in [1.807, 2.05) is 26.0 Å². The molecule has 6 heteroatoms. The van der Waals surface area contributed by atoms with Gasteiger partial charge >= 0.3 is 5.97 Å². The van der Waals surface area contributed by atoms with Gasteiger partial charge in [-0.25, -0.2) is 0 Å². The van der Waals surface area contributed by atoms with Crippen molar-refractivity contribution in [3.63, 3.8) is 0 Å². The monoisotopic (exact) mass is 394 g/mol. The van der Waals surface area contributed by atoms with E-state index in [-0.39, 0.29) is 24.8 Å². The molecule has 0 aliphatic heterocycles. The van der Waals surface area contributed by atoms with Crippen LogP contribution in [0.3, 0.4) is 0 Å². The topological polar surface area (TPSA) is 84.5 Å². The van der Waals surface area contributed by atoms with Crippen LogP contribution < -0.4 is 10.6 Å². The van der Waals surface area contributed by atoms with Gasteiger partial charge in [0, 0.05) is 13.0 Å². The lowest BCUT2D eigenvalue weighted by atomic mass is 10.2. The smallest absolute Gasteiger partial charge is 0.307 e. The van der Waals surface area contributed by atoms with E-state index in [0.717, 1.165) is 6.42 Å². The zero-order valence-corrected chi connectivity index (χ0v) is 18.2. The second-order valence-corrected chi connectivity index (χ2v) is 5.15. The van der Waals surface area contributed by atoms with E-state index in [1.54, 1.807) is 19.1 Å². The molecule has 2 N–H and O–H groups in total. The Bertz CT molecular complexity index is 511. The van der Waals surface area contributed by atoms with Crippen molar-refractivity contribution in [1.82, 2.24) is 10.6 Å². The van der Waals surface area contributed by atoms with Crippen LogP contribution in [0.4, 0.5) is 0 Å². The summed E-state index contributed by atoms with van der Waals surface area (Å²) in [4.78, 5) is 33.8. The standard InChI is InChI=1S/C12H20N2O4.C8H12.C2H6/c1-4-6-9(14-10(15)5-2)12(17)13-8-7-11(16)18-3;1-4-7-8(5-2)6-3;1-2/h4,9H,1,5-8H2,2-3H3,(H,13,17)(H,14,15);4-5,7H,1-2,6H2,3H3;1-2H3/b;8-7+;. The number of hydrogen-bond donors (Lipinski definition) is 2. The lowest BCUT2D eigenvalue weighted by Crippen LogP contribution is -2.46. The zero-order chi connectivity index (χ0) is 22.4. The number of hydrogen-bond acceptors (Lipinski definition) is 4. The highest BCUT2D eigenvalue weighted by Crippen LogP contribution is 1.99. The summed E-state index contributed by atoms with van der Waals surface area (Å²) in [6.45, 7) is 18.7. The molecule has 0 saturated heterocycles. The number of ether oxygens (including phenoxy) is 1. The van der Waals surface area contributed by atoms with Crippen molar-refractivity contribution in [2.24, 2.45) is 0 Å². The molecule has 2 amide bonds. The SMILES string of the molecule is C=C/C=C(\C=C)CC.C=CCC(NC(=O)CC)C(=O)NCCC(=O)OC.CC. The molecule has 0 bridgehead atoms. The van der Waals surface area contributed by atoms with Crippen molar-refractivity contribution in [2.75, 3.05) is 13.7 Å². The number of amides is 2. The van der Waals surface area contributed by atoms with Gasteiger partial charge in [-0.15, -0.1) is 6.58 Å². The summed E-state index contributed by atoms with van der Waals surface area (Å²) in [6.07, 6.45) is 8.94. The Morgan fingerprint density at radius 3 is 2.04 bits per heavy atom. The van der Waals surface area contributed by atoms with Crippen LogP contribution in [0.2, 0.25) is 0 Å². The zero-order valence-electron chi connectivity index (χ0n) is 18.2. The predicted molar refractivity (Wildman–Crippen MR) is 117 cm³/mol. The first-order chi connectivity index (χ1) is 13.4. The van der Waals surface area contributed by atoms with Gasteiger partial charge in [0.05, 0.1) is 13.5 Å². The van der Waals surface area contributed by atoms with Crippen LogP contribution in [-0.4, -0.2) is 37.5 Å². The number of rotatable bonds is 11. The van der Waals surface area contributed by atoms with Crippen molar-refractivity contribution in [1.29, 1.82) is 0 Å². The van der Waals surface area contributed by atoms with Crippen LogP contribution in [0.5, 0.6) is 0 Å². The van der Waals surface area contributed by atoms with Gasteiger partial charge in [0.2, 0.25) is 11.8 Å². The molecule has 0 aliphatic carbocycles. The lowest BCUT2D eigenvalue weighted by molar-refractivity contribution is -0.140. The van der Waals surface area contributed by atoms with Gasteiger partial charge in [0.25, 0.3) is 0 Å². The van der Waals surface area contributed by atoms with E-state index in [9.17, 15) is 14.4 Å². The summed E-state index contributed by atoms with van der Waals surface area (Å²) in [5.41, 5.74) is 1.24. The Morgan fingerprint density at radius 1 is 1.07 bits per heavy atom. The highest BCUT2D eigenvalue weighted by Gasteiger charge is 2.18. The number of esters is 1. The number of nitrogens with one attached hydrogen (secondary N) is 2. The van der Waals surface area contributed by atoms with Crippen LogP contribution in [0.25, 0.3) is 0 Å². The van der Waals surface area contributed by atoms with Gasteiger partial charge in [-0.2, -0.15) is 0 Å². The maximum absolute atomic E-state index is 11.7. The van der Waals surface area contributed by atoms with Crippen LogP contribution in [0.15, 0.2) is 49.6 Å². The van der Waals surface area contributed by atoms with Gasteiger partial charge in [-0.1, -0.05) is 65.2 Å². The minimum Gasteiger partial charge on any atom is -0.469 e. The third-order valence-electron chi connectivity index (χ3n) is 3.23. The Labute approximate surface area is 170 Å². The average Bonchev–Trinajstić information content (AvgIpc) is 2.73. The highest BCUT2D eigenvalue weighted by atomic mass is 16.5. The molecule has 28 heavy (non-hydrogen) atoms. The average molecular weight is 395 g/mol. The first kappa shape index (κ1) is 30.1. The normalized spacial score (nSPS) is 10.5. The van der Waals surface area contributed by atoms with Crippen molar-refractivity contribution >= 4 is 17.8 Å². The first-order valence-electron chi connectivity index (χ1n) is 9.58. The maximum Gasteiger partial charge on any atom is 0.307 e. The van der Waals surface area contributed by atoms with Crippen LogP contribution in [0.1, 0.15) is 53.4 Å². The first-order valence-corrected chi connectivity index (χ1v) is 9.58. The molecule has 0 aliphatic rings. The number of allylic oxidation sites excluding steroid dienone is 4. The van der Waals surface area contributed by atoms with Crippen LogP contribution in [0, 0.1) is 0 Å². The Morgan fingerprint density at radius 2 is 1.68 bits per heavy atom. The van der Waals surface area contributed by atoms with Crippen LogP contribution >= 0.6 is 0 Å². The van der Waals surface area contributed by atoms with Gasteiger partial charge in [-0.3, -0.25) is 14.4 Å². The highest BCUT2D eigenvalue weighted by molar-refractivity contribution is 5.87. The quantitative estimate of drug-likeness (QED) is 0.317. The molecule has 0 spiro atoms. The minimum atomic E-state index is -0.646. The molecular weight excluding hydrogens is 356 g/mol.